The van der Waals surface area contributed by atoms with Crippen molar-refractivity contribution in [2.24, 2.45) is 0 Å². The number of hydrogen-bond donors (Lipinski definition) is 3. The molecule has 1 rings (SSSR count). The van der Waals surface area contributed by atoms with Crippen LogP contribution in [-0.2, 0) is 11.3 Å². The highest BCUT2D eigenvalue weighted by atomic mass is 16.3. The van der Waals surface area contributed by atoms with E-state index in [1.54, 1.807) is 19.2 Å². The molecule has 3 N–H and O–H groups in total. The van der Waals surface area contributed by atoms with E-state index in [0.29, 0.717) is 19.5 Å². The van der Waals surface area contributed by atoms with Crippen molar-refractivity contribution in [1.82, 2.24) is 10.6 Å². The maximum absolute atomic E-state index is 10.9. The Bertz CT molecular complexity index is 309. The Balaban J connectivity index is 2.20. The van der Waals surface area contributed by atoms with Crippen molar-refractivity contribution in [3.8, 4) is 5.75 Å². The van der Waals surface area contributed by atoms with Crippen LogP contribution in [0.5, 0.6) is 5.75 Å². The Labute approximate surface area is 89.3 Å². The summed E-state index contributed by atoms with van der Waals surface area (Å²) < 4.78 is 0. The van der Waals surface area contributed by atoms with Crippen LogP contribution in [0.25, 0.3) is 0 Å². The fraction of sp³-hybridized carbons (Fsp3) is 0.364. The minimum absolute atomic E-state index is 0.0354. The predicted octanol–water partition coefficient (Wildman–Crippen LogP) is 0.618. The van der Waals surface area contributed by atoms with Gasteiger partial charge in [0.05, 0.1) is 0 Å². The highest BCUT2D eigenvalue weighted by Gasteiger charge is 1.97. The van der Waals surface area contributed by atoms with E-state index in [4.69, 9.17) is 5.11 Å². The fourth-order valence-corrected chi connectivity index (χ4v) is 1.17. The third kappa shape index (κ3) is 4.46. The van der Waals surface area contributed by atoms with E-state index in [2.05, 4.69) is 10.6 Å². The lowest BCUT2D eigenvalue weighted by molar-refractivity contribution is -0.120. The molecule has 0 aromatic heterocycles. The van der Waals surface area contributed by atoms with Gasteiger partial charge in [-0.2, -0.15) is 0 Å². The smallest absolute Gasteiger partial charge is 0.221 e. The summed E-state index contributed by atoms with van der Waals surface area (Å²) in [6, 6.07) is 7.00. The van der Waals surface area contributed by atoms with Gasteiger partial charge in [-0.15, -0.1) is 0 Å². The number of phenols is 1. The summed E-state index contributed by atoms with van der Waals surface area (Å²) in [6.45, 7) is 1.36. The summed E-state index contributed by atoms with van der Waals surface area (Å²) in [4.78, 5) is 10.9. The van der Waals surface area contributed by atoms with Crippen LogP contribution in [0.2, 0.25) is 0 Å². The molecule has 0 aliphatic carbocycles. The monoisotopic (exact) mass is 208 g/mol. The van der Waals surface area contributed by atoms with Gasteiger partial charge in [0.1, 0.15) is 5.75 Å². The van der Waals surface area contributed by atoms with Crippen LogP contribution in [0, 0.1) is 0 Å². The number of hydrogen-bond acceptors (Lipinski definition) is 3. The maximum atomic E-state index is 10.9. The van der Waals surface area contributed by atoms with Gasteiger partial charge in [-0.25, -0.2) is 0 Å². The second-order valence-electron chi connectivity index (χ2n) is 3.27. The lowest BCUT2D eigenvalue weighted by Gasteiger charge is -2.04. The van der Waals surface area contributed by atoms with Crippen LogP contribution in [-0.4, -0.2) is 24.6 Å². The standard InChI is InChI=1S/C11H16N2O2/c1-12-11(15)6-7-13-8-9-2-4-10(14)5-3-9/h2-5,13-14H,6-8H2,1H3,(H,12,15). The summed E-state index contributed by atoms with van der Waals surface area (Å²) in [5.41, 5.74) is 1.09. The average molecular weight is 208 g/mol. The molecule has 4 heteroatoms. The van der Waals surface area contributed by atoms with Crippen molar-refractivity contribution >= 4 is 5.91 Å². The maximum Gasteiger partial charge on any atom is 0.221 e. The number of phenolic OH excluding ortho intramolecular Hbond substituents is 1. The number of amides is 1. The van der Waals surface area contributed by atoms with Gasteiger partial charge in [-0.05, 0) is 17.7 Å². The molecule has 1 aromatic rings. The topological polar surface area (TPSA) is 61.4 Å². The SMILES string of the molecule is CNC(=O)CCNCc1ccc(O)cc1. The first kappa shape index (κ1) is 11.5. The summed E-state index contributed by atoms with van der Waals surface area (Å²) in [7, 11) is 1.63. The molecule has 0 fully saturated rings. The van der Waals surface area contributed by atoms with E-state index in [1.807, 2.05) is 12.1 Å². The molecule has 0 radical (unpaired) electrons. The first-order chi connectivity index (χ1) is 7.22. The summed E-state index contributed by atoms with van der Waals surface area (Å²) in [5, 5.41) is 14.8. The van der Waals surface area contributed by atoms with Crippen molar-refractivity contribution in [1.29, 1.82) is 0 Å². The zero-order valence-electron chi connectivity index (χ0n) is 8.79. The van der Waals surface area contributed by atoms with Crippen molar-refractivity contribution in [2.75, 3.05) is 13.6 Å². The molecule has 1 amide bonds. The number of rotatable bonds is 5. The average Bonchev–Trinajstić information content (AvgIpc) is 2.26. The Morgan fingerprint density at radius 2 is 2.00 bits per heavy atom. The third-order valence-electron chi connectivity index (χ3n) is 2.07. The zero-order valence-corrected chi connectivity index (χ0v) is 8.79. The van der Waals surface area contributed by atoms with Gasteiger partial charge in [0.2, 0.25) is 5.91 Å². The molecular formula is C11H16N2O2. The number of aromatic hydroxyl groups is 1. The minimum Gasteiger partial charge on any atom is -0.508 e. The number of carbonyl (C=O) groups excluding carboxylic acids is 1. The zero-order chi connectivity index (χ0) is 11.1. The molecule has 4 nitrogen and oxygen atoms in total. The molecule has 15 heavy (non-hydrogen) atoms. The fourth-order valence-electron chi connectivity index (χ4n) is 1.17. The normalized spacial score (nSPS) is 9.93. The van der Waals surface area contributed by atoms with Crippen LogP contribution in [0.4, 0.5) is 0 Å². The molecule has 0 saturated carbocycles. The highest BCUT2D eigenvalue weighted by Crippen LogP contribution is 2.08. The van der Waals surface area contributed by atoms with Crippen LogP contribution in [0.1, 0.15) is 12.0 Å². The molecule has 0 saturated heterocycles. The van der Waals surface area contributed by atoms with Crippen LogP contribution >= 0.6 is 0 Å². The molecule has 0 bridgehead atoms. The number of benzene rings is 1. The third-order valence-corrected chi connectivity index (χ3v) is 2.07. The van der Waals surface area contributed by atoms with E-state index in [1.165, 1.54) is 0 Å². The van der Waals surface area contributed by atoms with E-state index < -0.39 is 0 Å². The first-order valence-corrected chi connectivity index (χ1v) is 4.91. The minimum atomic E-state index is 0.0354. The number of nitrogens with one attached hydrogen (secondary N) is 2. The van der Waals surface area contributed by atoms with Gasteiger partial charge in [-0.1, -0.05) is 12.1 Å². The van der Waals surface area contributed by atoms with E-state index >= 15 is 0 Å². The summed E-state index contributed by atoms with van der Waals surface area (Å²) >= 11 is 0. The Morgan fingerprint density at radius 1 is 1.33 bits per heavy atom. The summed E-state index contributed by atoms with van der Waals surface area (Å²) in [6.07, 6.45) is 0.481. The second-order valence-corrected chi connectivity index (χ2v) is 3.27. The Morgan fingerprint density at radius 3 is 2.60 bits per heavy atom. The molecular weight excluding hydrogens is 192 g/mol. The van der Waals surface area contributed by atoms with Crippen LogP contribution in [0.15, 0.2) is 24.3 Å². The van der Waals surface area contributed by atoms with Gasteiger partial charge < -0.3 is 15.7 Å². The number of carbonyl (C=O) groups is 1. The molecule has 0 spiro atoms. The van der Waals surface area contributed by atoms with Crippen molar-refractivity contribution in [3.63, 3.8) is 0 Å². The van der Waals surface area contributed by atoms with Gasteiger partial charge in [-0.3, -0.25) is 4.79 Å². The molecule has 82 valence electrons. The lowest BCUT2D eigenvalue weighted by atomic mass is 10.2. The molecule has 0 aliphatic heterocycles. The Hall–Kier alpha value is -1.55. The van der Waals surface area contributed by atoms with Gasteiger partial charge >= 0.3 is 0 Å². The van der Waals surface area contributed by atoms with E-state index in [-0.39, 0.29) is 11.7 Å². The van der Waals surface area contributed by atoms with Crippen LogP contribution in [0.3, 0.4) is 0 Å². The molecule has 0 atom stereocenters. The van der Waals surface area contributed by atoms with Crippen molar-refractivity contribution < 1.29 is 9.90 Å². The quantitative estimate of drug-likeness (QED) is 0.622. The van der Waals surface area contributed by atoms with E-state index in [9.17, 15) is 4.79 Å². The molecule has 0 unspecified atom stereocenters. The molecule has 0 heterocycles. The van der Waals surface area contributed by atoms with E-state index in [0.717, 1.165) is 5.56 Å². The summed E-state index contributed by atoms with van der Waals surface area (Å²) in [5.74, 6) is 0.303. The first-order valence-electron chi connectivity index (χ1n) is 4.91. The predicted molar refractivity (Wildman–Crippen MR) is 58.5 cm³/mol. The lowest BCUT2D eigenvalue weighted by Crippen LogP contribution is -2.24. The Kier molecular flexibility index (Phi) is 4.63. The van der Waals surface area contributed by atoms with Crippen molar-refractivity contribution in [2.45, 2.75) is 13.0 Å². The van der Waals surface area contributed by atoms with Crippen LogP contribution < -0.4 is 10.6 Å². The largest absolute Gasteiger partial charge is 0.508 e. The van der Waals surface area contributed by atoms with Crippen molar-refractivity contribution in [3.05, 3.63) is 29.8 Å². The molecule has 0 aliphatic rings. The second kappa shape index (κ2) is 6.03. The van der Waals surface area contributed by atoms with Gasteiger partial charge in [0.15, 0.2) is 0 Å². The van der Waals surface area contributed by atoms with Gasteiger partial charge in [0, 0.05) is 26.6 Å². The highest BCUT2D eigenvalue weighted by molar-refractivity contribution is 5.75. The van der Waals surface area contributed by atoms with Gasteiger partial charge in [0.25, 0.3) is 0 Å². The molecule has 1 aromatic carbocycles.